The number of rotatable bonds is 4. The SMILES string of the molecule is CNc1ccc(-c2cc(=O)c3c(O)cc(O)c(C4CCN(C)C4CO)c3o2)c(Cl)c1. The Morgan fingerprint density at radius 1 is 1.23 bits per heavy atom. The van der Waals surface area contributed by atoms with E-state index in [0.29, 0.717) is 22.6 Å². The number of hydrogen-bond donors (Lipinski definition) is 4. The van der Waals surface area contributed by atoms with Gasteiger partial charge >= 0.3 is 0 Å². The number of halogens is 1. The normalized spacial score (nSPS) is 19.5. The van der Waals surface area contributed by atoms with Crippen molar-refractivity contribution in [2.75, 3.05) is 32.6 Å². The van der Waals surface area contributed by atoms with E-state index in [2.05, 4.69) is 5.32 Å². The summed E-state index contributed by atoms with van der Waals surface area (Å²) in [6.07, 6.45) is 0.667. The Hall–Kier alpha value is -2.74. The maximum absolute atomic E-state index is 12.9. The van der Waals surface area contributed by atoms with Gasteiger partial charge in [0, 0.05) is 48.0 Å². The van der Waals surface area contributed by atoms with Gasteiger partial charge < -0.3 is 30.0 Å². The molecule has 0 bridgehead atoms. The first-order chi connectivity index (χ1) is 14.3. The lowest BCUT2D eigenvalue weighted by molar-refractivity contribution is 0.172. The molecule has 2 atom stereocenters. The van der Waals surface area contributed by atoms with Gasteiger partial charge in [-0.1, -0.05) is 11.6 Å². The minimum Gasteiger partial charge on any atom is -0.507 e. The topological polar surface area (TPSA) is 106 Å². The summed E-state index contributed by atoms with van der Waals surface area (Å²) in [5.74, 6) is -0.548. The average molecular weight is 431 g/mol. The van der Waals surface area contributed by atoms with E-state index in [1.165, 1.54) is 6.07 Å². The highest BCUT2D eigenvalue weighted by Gasteiger charge is 2.36. The van der Waals surface area contributed by atoms with Gasteiger partial charge in [-0.25, -0.2) is 0 Å². The predicted molar refractivity (Wildman–Crippen MR) is 117 cm³/mol. The molecule has 1 saturated heterocycles. The average Bonchev–Trinajstić information content (AvgIpc) is 3.07. The zero-order valence-corrected chi connectivity index (χ0v) is 17.4. The molecule has 0 radical (unpaired) electrons. The number of fused-ring (bicyclic) bond motifs is 1. The van der Waals surface area contributed by atoms with Gasteiger partial charge in [-0.05, 0) is 38.2 Å². The molecule has 158 valence electrons. The molecular formula is C22H23ClN2O5. The van der Waals surface area contributed by atoms with Crippen molar-refractivity contribution in [2.45, 2.75) is 18.4 Å². The zero-order chi connectivity index (χ0) is 21.6. The zero-order valence-electron chi connectivity index (χ0n) is 16.6. The highest BCUT2D eigenvalue weighted by atomic mass is 35.5. The molecule has 0 saturated carbocycles. The monoisotopic (exact) mass is 430 g/mol. The van der Waals surface area contributed by atoms with Gasteiger partial charge in [0.25, 0.3) is 0 Å². The van der Waals surface area contributed by atoms with Crippen LogP contribution in [-0.4, -0.2) is 53.5 Å². The number of likely N-dealkylation sites (N-methyl/N-ethyl adjacent to an activating group) is 1. The number of aromatic hydroxyl groups is 2. The van der Waals surface area contributed by atoms with Crippen LogP contribution in [0.2, 0.25) is 5.02 Å². The van der Waals surface area contributed by atoms with E-state index in [4.69, 9.17) is 16.0 Å². The van der Waals surface area contributed by atoms with E-state index in [9.17, 15) is 20.1 Å². The van der Waals surface area contributed by atoms with Gasteiger partial charge in [0.2, 0.25) is 0 Å². The smallest absolute Gasteiger partial charge is 0.197 e. The van der Waals surface area contributed by atoms with E-state index in [0.717, 1.165) is 18.3 Å². The molecule has 8 heteroatoms. The number of aliphatic hydroxyl groups is 1. The lowest BCUT2D eigenvalue weighted by Gasteiger charge is -2.24. The Bertz CT molecular complexity index is 1180. The first-order valence-corrected chi connectivity index (χ1v) is 10.0. The number of nitrogens with one attached hydrogen (secondary N) is 1. The fourth-order valence-corrected chi connectivity index (χ4v) is 4.57. The van der Waals surface area contributed by atoms with Crippen molar-refractivity contribution in [2.24, 2.45) is 0 Å². The number of anilines is 1. The summed E-state index contributed by atoms with van der Waals surface area (Å²) in [6, 6.07) is 7.47. The minimum absolute atomic E-state index is 0.000704. The van der Waals surface area contributed by atoms with Crippen molar-refractivity contribution in [3.05, 3.63) is 51.1 Å². The van der Waals surface area contributed by atoms with E-state index in [1.54, 1.807) is 25.2 Å². The summed E-state index contributed by atoms with van der Waals surface area (Å²) in [7, 11) is 3.67. The first kappa shape index (κ1) is 20.5. The lowest BCUT2D eigenvalue weighted by atomic mass is 9.89. The third-order valence-corrected chi connectivity index (χ3v) is 6.22. The van der Waals surface area contributed by atoms with Gasteiger partial charge in [-0.15, -0.1) is 0 Å². The number of phenolic OH excluding ortho intramolecular Hbond substituents is 2. The van der Waals surface area contributed by atoms with E-state index in [1.807, 2.05) is 11.9 Å². The Labute approximate surface area is 178 Å². The molecule has 2 unspecified atom stereocenters. The molecule has 0 amide bonds. The van der Waals surface area contributed by atoms with Crippen LogP contribution in [0.1, 0.15) is 17.9 Å². The predicted octanol–water partition coefficient (Wildman–Crippen LogP) is 3.35. The van der Waals surface area contributed by atoms with Gasteiger partial charge in [-0.3, -0.25) is 4.79 Å². The molecule has 0 spiro atoms. The van der Waals surface area contributed by atoms with Crippen LogP contribution < -0.4 is 10.7 Å². The Morgan fingerprint density at radius 2 is 2.00 bits per heavy atom. The largest absolute Gasteiger partial charge is 0.507 e. The molecule has 1 aliphatic heterocycles. The fourth-order valence-electron chi connectivity index (χ4n) is 4.29. The summed E-state index contributed by atoms with van der Waals surface area (Å²) in [6.45, 7) is 0.614. The van der Waals surface area contributed by atoms with Gasteiger partial charge in [0.15, 0.2) is 5.43 Å². The number of hydrogen-bond acceptors (Lipinski definition) is 7. The molecule has 0 aliphatic carbocycles. The molecule has 4 rings (SSSR count). The van der Waals surface area contributed by atoms with E-state index >= 15 is 0 Å². The maximum Gasteiger partial charge on any atom is 0.197 e. The molecule has 7 nitrogen and oxygen atoms in total. The summed E-state index contributed by atoms with van der Waals surface area (Å²) in [4.78, 5) is 14.9. The first-order valence-electron chi connectivity index (χ1n) is 9.67. The van der Waals surface area contributed by atoms with Crippen LogP contribution in [0.15, 0.2) is 39.5 Å². The quantitative estimate of drug-likeness (QED) is 0.503. The van der Waals surface area contributed by atoms with Crippen LogP contribution in [0.3, 0.4) is 0 Å². The third-order valence-electron chi connectivity index (χ3n) is 5.90. The number of likely N-dealkylation sites (tertiary alicyclic amines) is 1. The Balaban J connectivity index is 1.99. The second kappa shape index (κ2) is 7.83. The van der Waals surface area contributed by atoms with Crippen molar-refractivity contribution in [1.82, 2.24) is 4.90 Å². The number of phenols is 2. The molecule has 1 aromatic heterocycles. The second-order valence-electron chi connectivity index (χ2n) is 7.58. The summed E-state index contributed by atoms with van der Waals surface area (Å²) < 4.78 is 6.09. The molecule has 1 fully saturated rings. The van der Waals surface area contributed by atoms with Gasteiger partial charge in [0.1, 0.15) is 28.2 Å². The number of aliphatic hydroxyl groups excluding tert-OH is 1. The molecule has 3 aromatic rings. The van der Waals surface area contributed by atoms with E-state index in [-0.39, 0.29) is 46.8 Å². The maximum atomic E-state index is 12.9. The second-order valence-corrected chi connectivity index (χ2v) is 7.99. The Morgan fingerprint density at radius 3 is 2.67 bits per heavy atom. The van der Waals surface area contributed by atoms with E-state index < -0.39 is 5.43 Å². The van der Waals surface area contributed by atoms with Crippen LogP contribution >= 0.6 is 11.6 Å². The minimum atomic E-state index is -0.439. The molecular weight excluding hydrogens is 408 g/mol. The molecule has 2 heterocycles. The van der Waals surface area contributed by atoms with Crippen LogP contribution in [0, 0.1) is 0 Å². The van der Waals surface area contributed by atoms with Gasteiger partial charge in [-0.2, -0.15) is 0 Å². The fraction of sp³-hybridized carbons (Fsp3) is 0.318. The van der Waals surface area contributed by atoms with Crippen molar-refractivity contribution >= 4 is 28.3 Å². The number of nitrogens with zero attached hydrogens (tertiary/aromatic N) is 1. The summed E-state index contributed by atoms with van der Waals surface area (Å²) in [5.41, 5.74) is 1.41. The summed E-state index contributed by atoms with van der Waals surface area (Å²) in [5, 5.41) is 34.3. The van der Waals surface area contributed by atoms with Gasteiger partial charge in [0.05, 0.1) is 11.6 Å². The van der Waals surface area contributed by atoms with Crippen molar-refractivity contribution in [3.8, 4) is 22.8 Å². The van der Waals surface area contributed by atoms with Crippen LogP contribution in [0.4, 0.5) is 5.69 Å². The highest BCUT2D eigenvalue weighted by molar-refractivity contribution is 6.33. The van der Waals surface area contributed by atoms with Crippen molar-refractivity contribution < 1.29 is 19.7 Å². The lowest BCUT2D eigenvalue weighted by Crippen LogP contribution is -2.32. The summed E-state index contributed by atoms with van der Waals surface area (Å²) >= 11 is 6.40. The molecule has 1 aliphatic rings. The van der Waals surface area contributed by atoms with Crippen molar-refractivity contribution in [3.63, 3.8) is 0 Å². The standard InChI is InChI=1S/C22H23ClN2O5/c1-24-11-3-4-12(14(23)7-11)19-9-18(29)21-17(28)8-16(27)20(22(21)30-19)13-5-6-25(2)15(13)10-26/h3-4,7-9,13,15,24,26-28H,5-6,10H2,1-2H3. The molecule has 4 N–H and O–H groups in total. The molecule has 30 heavy (non-hydrogen) atoms. The van der Waals surface area contributed by atoms with Crippen LogP contribution in [0.25, 0.3) is 22.3 Å². The third kappa shape index (κ3) is 3.29. The number of benzene rings is 2. The Kier molecular flexibility index (Phi) is 5.36. The van der Waals surface area contributed by atoms with Crippen LogP contribution in [0.5, 0.6) is 11.5 Å². The highest BCUT2D eigenvalue weighted by Crippen LogP contribution is 2.44. The van der Waals surface area contributed by atoms with Crippen LogP contribution in [-0.2, 0) is 0 Å². The van der Waals surface area contributed by atoms with Crippen molar-refractivity contribution in [1.29, 1.82) is 0 Å². The molecule has 2 aromatic carbocycles.